The molecular formula is C11H17NO5. The van der Waals surface area contributed by atoms with Crippen molar-refractivity contribution >= 4 is 6.09 Å². The van der Waals surface area contributed by atoms with Gasteiger partial charge in [-0.2, -0.15) is 0 Å². The van der Waals surface area contributed by atoms with Crippen LogP contribution >= 0.6 is 0 Å². The van der Waals surface area contributed by atoms with E-state index < -0.39 is 12.1 Å². The van der Waals surface area contributed by atoms with Crippen LogP contribution in [0.2, 0.25) is 0 Å². The summed E-state index contributed by atoms with van der Waals surface area (Å²) >= 11 is 0. The summed E-state index contributed by atoms with van der Waals surface area (Å²) in [5.41, 5.74) is -0.0889. The Morgan fingerprint density at radius 3 is 2.41 bits per heavy atom. The van der Waals surface area contributed by atoms with Crippen molar-refractivity contribution in [2.45, 2.75) is 31.8 Å². The van der Waals surface area contributed by atoms with Crippen LogP contribution in [0.15, 0.2) is 0 Å². The first-order chi connectivity index (χ1) is 8.05. The highest BCUT2D eigenvalue weighted by molar-refractivity contribution is 5.66. The van der Waals surface area contributed by atoms with Gasteiger partial charge in [-0.15, -0.1) is 0 Å². The van der Waals surface area contributed by atoms with Crippen LogP contribution in [-0.2, 0) is 14.2 Å². The van der Waals surface area contributed by atoms with Crippen molar-refractivity contribution < 1.29 is 24.1 Å². The first kappa shape index (κ1) is 11.3. The number of fused-ring (bicyclic) bond motifs is 3. The van der Waals surface area contributed by atoms with Gasteiger partial charge in [0.1, 0.15) is 6.04 Å². The molecule has 4 rings (SSSR count). The Balaban J connectivity index is 1.82. The van der Waals surface area contributed by atoms with E-state index in [0.717, 1.165) is 12.8 Å². The Bertz CT molecular complexity index is 320. The van der Waals surface area contributed by atoms with Gasteiger partial charge in [0, 0.05) is 12.0 Å². The lowest BCUT2D eigenvalue weighted by atomic mass is 9.91. The van der Waals surface area contributed by atoms with Crippen LogP contribution in [0.3, 0.4) is 0 Å². The summed E-state index contributed by atoms with van der Waals surface area (Å²) in [6.07, 6.45) is 0.617. The van der Waals surface area contributed by atoms with E-state index in [2.05, 4.69) is 0 Å². The number of ether oxygens (including phenoxy) is 3. The van der Waals surface area contributed by atoms with E-state index in [1.807, 2.05) is 6.92 Å². The topological polar surface area (TPSA) is 68.2 Å². The average Bonchev–Trinajstić information content (AvgIpc) is 2.80. The Kier molecular flexibility index (Phi) is 2.36. The van der Waals surface area contributed by atoms with Gasteiger partial charge in [0.05, 0.1) is 19.8 Å². The minimum absolute atomic E-state index is 0.0889. The smallest absolute Gasteiger partial charge is 0.407 e. The van der Waals surface area contributed by atoms with Gasteiger partial charge >= 0.3 is 12.1 Å². The maximum atomic E-state index is 11.1. The zero-order valence-electron chi connectivity index (χ0n) is 9.85. The molecule has 1 atom stereocenters. The number of likely N-dealkylation sites (tertiary alicyclic amines) is 1. The second-order valence-corrected chi connectivity index (χ2v) is 5.41. The summed E-state index contributed by atoms with van der Waals surface area (Å²) < 4.78 is 17.0. The van der Waals surface area contributed by atoms with Gasteiger partial charge in [-0.1, -0.05) is 6.92 Å². The monoisotopic (exact) mass is 243 g/mol. The molecule has 0 unspecified atom stereocenters. The third-order valence-electron chi connectivity index (χ3n) is 3.77. The van der Waals surface area contributed by atoms with Crippen molar-refractivity contribution in [2.24, 2.45) is 5.41 Å². The van der Waals surface area contributed by atoms with Gasteiger partial charge in [0.15, 0.2) is 0 Å². The van der Waals surface area contributed by atoms with E-state index in [1.165, 1.54) is 4.90 Å². The van der Waals surface area contributed by atoms with Gasteiger partial charge in [0.25, 0.3) is 0 Å². The van der Waals surface area contributed by atoms with E-state index in [4.69, 9.17) is 19.3 Å². The molecule has 1 amide bonds. The number of rotatable bonds is 1. The molecule has 0 radical (unpaired) electrons. The molecule has 2 bridgehead atoms. The average molecular weight is 243 g/mol. The fourth-order valence-corrected chi connectivity index (χ4v) is 2.73. The first-order valence-electron chi connectivity index (χ1n) is 5.96. The molecule has 96 valence electrons. The van der Waals surface area contributed by atoms with Gasteiger partial charge < -0.3 is 19.3 Å². The largest absolute Gasteiger partial charge is 0.465 e. The van der Waals surface area contributed by atoms with Crippen molar-refractivity contribution in [3.63, 3.8) is 0 Å². The van der Waals surface area contributed by atoms with E-state index >= 15 is 0 Å². The van der Waals surface area contributed by atoms with Gasteiger partial charge in [-0.05, 0) is 12.8 Å². The molecule has 0 spiro atoms. The fourth-order valence-electron chi connectivity index (χ4n) is 2.73. The van der Waals surface area contributed by atoms with Crippen LogP contribution < -0.4 is 0 Å². The summed E-state index contributed by atoms with van der Waals surface area (Å²) in [6, 6.07) is -0.343. The van der Waals surface area contributed by atoms with Crippen molar-refractivity contribution in [3.8, 4) is 0 Å². The van der Waals surface area contributed by atoms with Gasteiger partial charge in [-0.3, -0.25) is 4.90 Å². The molecule has 0 aromatic carbocycles. The van der Waals surface area contributed by atoms with E-state index in [9.17, 15) is 4.79 Å². The highest BCUT2D eigenvalue weighted by Gasteiger charge is 2.58. The minimum Gasteiger partial charge on any atom is -0.465 e. The van der Waals surface area contributed by atoms with Crippen molar-refractivity contribution in [1.82, 2.24) is 4.90 Å². The standard InChI is InChI=1S/C11H17NO5/c1-10-5-15-11(16-6-10,17-7-10)8-3-2-4-12(8)9(13)14/h8H,2-7H2,1H3,(H,13,14)/t8-,10?,11?/m1/s1. The zero-order chi connectivity index (χ0) is 12.1. The summed E-state index contributed by atoms with van der Waals surface area (Å²) in [5, 5.41) is 9.15. The Morgan fingerprint density at radius 1 is 1.29 bits per heavy atom. The summed E-state index contributed by atoms with van der Waals surface area (Å²) in [4.78, 5) is 12.5. The van der Waals surface area contributed by atoms with Crippen molar-refractivity contribution in [2.75, 3.05) is 26.4 Å². The lowest BCUT2D eigenvalue weighted by Gasteiger charge is -2.53. The molecule has 4 aliphatic rings. The van der Waals surface area contributed by atoms with Crippen LogP contribution in [-0.4, -0.2) is 54.5 Å². The predicted octanol–water partition coefficient (Wildman–Crippen LogP) is 0.866. The van der Waals surface area contributed by atoms with Gasteiger partial charge in [-0.25, -0.2) is 4.79 Å². The van der Waals surface area contributed by atoms with E-state index in [-0.39, 0.29) is 11.5 Å². The minimum atomic E-state index is -1.16. The molecule has 0 aromatic rings. The summed E-state index contributed by atoms with van der Waals surface area (Å²) in [5.74, 6) is -1.16. The molecule has 6 heteroatoms. The van der Waals surface area contributed by atoms with Crippen molar-refractivity contribution in [3.05, 3.63) is 0 Å². The van der Waals surface area contributed by atoms with E-state index in [0.29, 0.717) is 26.4 Å². The lowest BCUT2D eigenvalue weighted by Crippen LogP contribution is -2.66. The number of amides is 1. The molecule has 1 N–H and O–H groups in total. The number of hydrogen-bond donors (Lipinski definition) is 1. The van der Waals surface area contributed by atoms with Crippen LogP contribution in [0, 0.1) is 5.41 Å². The van der Waals surface area contributed by atoms with Crippen LogP contribution in [0.25, 0.3) is 0 Å². The van der Waals surface area contributed by atoms with Crippen LogP contribution in [0.1, 0.15) is 19.8 Å². The Morgan fingerprint density at radius 2 is 1.88 bits per heavy atom. The normalized spacial score (nSPS) is 45.2. The summed E-state index contributed by atoms with van der Waals surface area (Å²) in [7, 11) is 0. The molecule has 4 heterocycles. The molecule has 0 aliphatic carbocycles. The van der Waals surface area contributed by atoms with Crippen LogP contribution in [0.5, 0.6) is 0 Å². The fraction of sp³-hybridized carbons (Fsp3) is 0.909. The third-order valence-corrected chi connectivity index (χ3v) is 3.77. The number of carboxylic acid groups (broad SMARTS) is 1. The second-order valence-electron chi connectivity index (χ2n) is 5.41. The van der Waals surface area contributed by atoms with Crippen LogP contribution in [0.4, 0.5) is 4.79 Å². The highest BCUT2D eigenvalue weighted by atomic mass is 16.9. The molecular weight excluding hydrogens is 226 g/mol. The highest BCUT2D eigenvalue weighted by Crippen LogP contribution is 2.43. The first-order valence-corrected chi connectivity index (χ1v) is 5.96. The molecule has 4 fully saturated rings. The Hall–Kier alpha value is -0.850. The zero-order valence-corrected chi connectivity index (χ0v) is 9.85. The van der Waals surface area contributed by atoms with Crippen molar-refractivity contribution in [1.29, 1.82) is 0 Å². The molecule has 17 heavy (non-hydrogen) atoms. The SMILES string of the molecule is CC12COC([C@H]3CCCN3C(=O)O)(OC1)OC2. The molecule has 4 aliphatic heterocycles. The number of nitrogens with zero attached hydrogens (tertiary/aromatic N) is 1. The number of hydrogen-bond acceptors (Lipinski definition) is 4. The second kappa shape index (κ2) is 3.57. The Labute approximate surface area is 99.4 Å². The lowest BCUT2D eigenvalue weighted by molar-refractivity contribution is -0.478. The molecule has 6 nitrogen and oxygen atoms in total. The maximum Gasteiger partial charge on any atom is 0.407 e. The maximum absolute atomic E-state index is 11.1. The molecule has 4 saturated heterocycles. The number of carbonyl (C=O) groups is 1. The quantitative estimate of drug-likeness (QED) is 0.740. The molecule has 0 saturated carbocycles. The van der Waals surface area contributed by atoms with E-state index in [1.54, 1.807) is 0 Å². The molecule has 0 aromatic heterocycles. The van der Waals surface area contributed by atoms with Gasteiger partial charge in [0.2, 0.25) is 0 Å². The third kappa shape index (κ3) is 1.63. The predicted molar refractivity (Wildman–Crippen MR) is 56.4 cm³/mol. The summed E-state index contributed by atoms with van der Waals surface area (Å²) in [6.45, 7) is 4.26.